The second-order valence-electron chi connectivity index (χ2n) is 18.4. The van der Waals surface area contributed by atoms with Crippen molar-refractivity contribution in [2.24, 2.45) is 0 Å². The zero-order chi connectivity index (χ0) is 41.0. The molecular formula is C53H100O3S. The smallest absolute Gasteiger partial charge is 0.282 e. The van der Waals surface area contributed by atoms with Gasteiger partial charge in [0.1, 0.15) is 0 Å². The average Bonchev–Trinajstić information content (AvgIpc) is 3.20. The van der Waals surface area contributed by atoms with E-state index in [0.29, 0.717) is 0 Å². The maximum absolute atomic E-state index is 11.5. The monoisotopic (exact) mass is 817 g/mol. The molecule has 0 heterocycles. The Hall–Kier alpha value is -0.870. The Labute approximate surface area is 358 Å². The van der Waals surface area contributed by atoms with Crippen molar-refractivity contribution < 1.29 is 13.0 Å². The van der Waals surface area contributed by atoms with Crippen LogP contribution in [0.15, 0.2) is 29.2 Å². The van der Waals surface area contributed by atoms with E-state index in [1.54, 1.807) is 6.07 Å². The van der Waals surface area contributed by atoms with E-state index in [2.05, 4.69) is 6.92 Å². The van der Waals surface area contributed by atoms with Gasteiger partial charge in [-0.2, -0.15) is 8.42 Å². The van der Waals surface area contributed by atoms with Crippen LogP contribution in [0.2, 0.25) is 0 Å². The number of hydrogen-bond acceptors (Lipinski definition) is 2. The van der Waals surface area contributed by atoms with Crippen molar-refractivity contribution in [1.82, 2.24) is 0 Å². The standard InChI is InChI=1S/C53H100O3S/c1-2-3-4-5-6-7-8-9-10-11-12-13-14-15-16-17-18-19-20-21-22-23-24-25-26-27-28-29-30-31-32-33-34-35-36-37-38-39-40-41-42-43-44-45-46-49-52-50-47-48-51-53(52)57(54,55)56/h47-48,50-51H,2-46,49H2,1H3,(H,54,55,56). The lowest BCUT2D eigenvalue weighted by atomic mass is 10.0. The third-order valence-electron chi connectivity index (χ3n) is 12.8. The predicted molar refractivity (Wildman–Crippen MR) is 253 cm³/mol. The zero-order valence-corrected chi connectivity index (χ0v) is 39.3. The largest absolute Gasteiger partial charge is 0.294 e. The molecule has 0 fully saturated rings. The molecule has 0 saturated heterocycles. The summed E-state index contributed by atoms with van der Waals surface area (Å²) in [7, 11) is -4.12. The number of aryl methyl sites for hydroxylation is 1. The molecule has 0 spiro atoms. The summed E-state index contributed by atoms with van der Waals surface area (Å²) in [5.74, 6) is 0. The van der Waals surface area contributed by atoms with Crippen LogP contribution in [-0.4, -0.2) is 13.0 Å². The van der Waals surface area contributed by atoms with Crippen molar-refractivity contribution in [2.45, 2.75) is 307 Å². The lowest BCUT2D eigenvalue weighted by Crippen LogP contribution is -2.03. The van der Waals surface area contributed by atoms with Crippen molar-refractivity contribution in [3.8, 4) is 0 Å². The highest BCUT2D eigenvalue weighted by atomic mass is 32.2. The minimum atomic E-state index is -4.12. The van der Waals surface area contributed by atoms with Crippen LogP contribution in [0.5, 0.6) is 0 Å². The fraction of sp³-hybridized carbons (Fsp3) is 0.887. The van der Waals surface area contributed by atoms with E-state index in [1.807, 2.05) is 12.1 Å². The lowest BCUT2D eigenvalue weighted by Gasteiger charge is -2.07. The van der Waals surface area contributed by atoms with Gasteiger partial charge in [0.25, 0.3) is 10.1 Å². The quantitative estimate of drug-likeness (QED) is 0.0527. The molecule has 0 aliphatic heterocycles. The summed E-state index contributed by atoms with van der Waals surface area (Å²) in [5, 5.41) is 0. The van der Waals surface area contributed by atoms with Crippen molar-refractivity contribution >= 4 is 10.1 Å². The van der Waals surface area contributed by atoms with E-state index in [9.17, 15) is 13.0 Å². The molecule has 1 N–H and O–H groups in total. The van der Waals surface area contributed by atoms with Crippen molar-refractivity contribution in [3.05, 3.63) is 29.8 Å². The molecule has 1 rings (SSSR count). The molecule has 3 nitrogen and oxygen atoms in total. The van der Waals surface area contributed by atoms with Crippen molar-refractivity contribution in [1.29, 1.82) is 0 Å². The number of rotatable bonds is 47. The summed E-state index contributed by atoms with van der Waals surface area (Å²) >= 11 is 0. The van der Waals surface area contributed by atoms with Gasteiger partial charge in [-0.15, -0.1) is 0 Å². The fourth-order valence-corrected chi connectivity index (χ4v) is 9.70. The zero-order valence-electron chi connectivity index (χ0n) is 38.5. The molecule has 4 heteroatoms. The van der Waals surface area contributed by atoms with Gasteiger partial charge < -0.3 is 0 Å². The van der Waals surface area contributed by atoms with Crippen molar-refractivity contribution in [3.63, 3.8) is 0 Å². The number of benzene rings is 1. The van der Waals surface area contributed by atoms with E-state index in [4.69, 9.17) is 0 Å². The molecule has 0 aromatic heterocycles. The van der Waals surface area contributed by atoms with Gasteiger partial charge in [0.05, 0.1) is 4.90 Å². The summed E-state index contributed by atoms with van der Waals surface area (Å²) in [6.45, 7) is 2.31. The maximum atomic E-state index is 11.5. The molecular weight excluding hydrogens is 717 g/mol. The van der Waals surface area contributed by atoms with E-state index >= 15 is 0 Å². The highest BCUT2D eigenvalue weighted by Crippen LogP contribution is 2.20. The van der Waals surface area contributed by atoms with E-state index in [-0.39, 0.29) is 4.90 Å². The number of hydrogen-bond donors (Lipinski definition) is 1. The Morgan fingerprint density at radius 1 is 0.316 bits per heavy atom. The van der Waals surface area contributed by atoms with Gasteiger partial charge >= 0.3 is 0 Å². The van der Waals surface area contributed by atoms with Crippen LogP contribution in [0.25, 0.3) is 0 Å². The Bertz CT molecular complexity index is 1040. The molecule has 0 unspecified atom stereocenters. The summed E-state index contributed by atoms with van der Waals surface area (Å²) in [4.78, 5) is 0.0715. The third-order valence-corrected chi connectivity index (χ3v) is 13.8. The first-order valence-corrected chi connectivity index (χ1v) is 27.5. The Kier molecular flexibility index (Phi) is 41.1. The third kappa shape index (κ3) is 39.0. The van der Waals surface area contributed by atoms with Crippen LogP contribution in [0.4, 0.5) is 0 Å². The average molecular weight is 817 g/mol. The normalized spacial score (nSPS) is 11.9. The molecule has 0 amide bonds. The van der Waals surface area contributed by atoms with Gasteiger partial charge in [0, 0.05) is 0 Å². The van der Waals surface area contributed by atoms with E-state index < -0.39 is 10.1 Å². The SMILES string of the molecule is CCCCCCCCCCCCCCCCCCCCCCCCCCCCCCCCCCCCCCCCCCCCCCCc1ccccc1S(=O)(=O)O. The van der Waals surface area contributed by atoms with Crippen LogP contribution < -0.4 is 0 Å². The second kappa shape index (κ2) is 43.2. The topological polar surface area (TPSA) is 54.4 Å². The van der Waals surface area contributed by atoms with Crippen LogP contribution in [0, 0.1) is 0 Å². The summed E-state index contributed by atoms with van der Waals surface area (Å²) in [6, 6.07) is 6.82. The Morgan fingerprint density at radius 3 is 0.719 bits per heavy atom. The first-order chi connectivity index (χ1) is 28.1. The second-order valence-corrected chi connectivity index (χ2v) is 19.8. The van der Waals surface area contributed by atoms with Crippen LogP contribution in [0.3, 0.4) is 0 Å². The minimum absolute atomic E-state index is 0.0715. The van der Waals surface area contributed by atoms with Gasteiger partial charge in [-0.25, -0.2) is 0 Å². The number of unbranched alkanes of at least 4 members (excludes halogenated alkanes) is 44. The van der Waals surface area contributed by atoms with E-state index in [0.717, 1.165) is 24.8 Å². The first-order valence-electron chi connectivity index (χ1n) is 26.1. The predicted octanol–water partition coefficient (Wildman–Crippen LogP) is 19.1. The first kappa shape index (κ1) is 54.1. The fourth-order valence-electron chi connectivity index (χ4n) is 8.95. The van der Waals surface area contributed by atoms with Crippen LogP contribution in [-0.2, 0) is 16.5 Å². The summed E-state index contributed by atoms with van der Waals surface area (Å²) in [6.07, 6.45) is 65.0. The molecule has 0 aliphatic rings. The molecule has 57 heavy (non-hydrogen) atoms. The highest BCUT2D eigenvalue weighted by molar-refractivity contribution is 7.85. The molecule has 0 atom stereocenters. The van der Waals surface area contributed by atoms with Gasteiger partial charge in [0.15, 0.2) is 0 Å². The molecule has 0 saturated carbocycles. The molecule has 0 aliphatic carbocycles. The Balaban J connectivity index is 1.65. The van der Waals surface area contributed by atoms with E-state index in [1.165, 1.54) is 282 Å². The lowest BCUT2D eigenvalue weighted by molar-refractivity contribution is 0.481. The van der Waals surface area contributed by atoms with Gasteiger partial charge in [-0.05, 0) is 24.5 Å². The van der Waals surface area contributed by atoms with Gasteiger partial charge in [-0.1, -0.05) is 308 Å². The van der Waals surface area contributed by atoms with Crippen molar-refractivity contribution in [2.75, 3.05) is 0 Å². The molecule has 0 radical (unpaired) electrons. The van der Waals surface area contributed by atoms with Gasteiger partial charge in [-0.3, -0.25) is 4.55 Å². The molecule has 336 valence electrons. The maximum Gasteiger partial charge on any atom is 0.294 e. The summed E-state index contributed by atoms with van der Waals surface area (Å²) < 4.78 is 32.4. The minimum Gasteiger partial charge on any atom is -0.282 e. The Morgan fingerprint density at radius 2 is 0.509 bits per heavy atom. The molecule has 1 aromatic rings. The highest BCUT2D eigenvalue weighted by Gasteiger charge is 2.14. The van der Waals surface area contributed by atoms with Crippen LogP contribution >= 0.6 is 0 Å². The molecule has 0 bridgehead atoms. The van der Waals surface area contributed by atoms with Gasteiger partial charge in [0.2, 0.25) is 0 Å². The van der Waals surface area contributed by atoms with Crippen LogP contribution in [0.1, 0.15) is 301 Å². The summed E-state index contributed by atoms with van der Waals surface area (Å²) in [5.41, 5.74) is 0.738. The molecule has 1 aromatic carbocycles.